The van der Waals surface area contributed by atoms with Gasteiger partial charge in [-0.2, -0.15) is 0 Å². The van der Waals surface area contributed by atoms with E-state index in [-0.39, 0.29) is 12.8 Å². The Morgan fingerprint density at radius 3 is 2.12 bits per heavy atom. The van der Waals surface area contributed by atoms with Crippen molar-refractivity contribution in [1.82, 2.24) is 0 Å². The first-order chi connectivity index (χ1) is 15.9. The lowest BCUT2D eigenvalue weighted by molar-refractivity contribution is -0.142. The fourth-order valence-corrected chi connectivity index (χ4v) is 3.77. The molecule has 0 saturated heterocycles. The summed E-state index contributed by atoms with van der Waals surface area (Å²) in [5, 5.41) is 24.0. The molecule has 33 heavy (non-hydrogen) atoms. The highest BCUT2D eigenvalue weighted by molar-refractivity contribution is 5.72. The number of aliphatic carboxylic acids is 1. The van der Waals surface area contributed by atoms with Gasteiger partial charge in [-0.25, -0.2) is 4.39 Å². The number of nitrogens with one attached hydrogen (secondary N) is 1. The number of hydrogen-bond donors (Lipinski definition) is 4. The Kier molecular flexibility index (Phi) is 8.40. The molecule has 0 aliphatic carbocycles. The summed E-state index contributed by atoms with van der Waals surface area (Å²) in [5.41, 5.74) is 8.74. The molecule has 0 aliphatic rings. The van der Waals surface area contributed by atoms with Crippen molar-refractivity contribution in [3.8, 4) is 5.75 Å². The van der Waals surface area contributed by atoms with Crippen molar-refractivity contribution < 1.29 is 24.1 Å². The zero-order chi connectivity index (χ0) is 23.8. The lowest BCUT2D eigenvalue weighted by Crippen LogP contribution is -2.28. The van der Waals surface area contributed by atoms with Gasteiger partial charge in [0.15, 0.2) is 0 Å². The Balaban J connectivity index is 1.84. The van der Waals surface area contributed by atoms with E-state index in [0.717, 1.165) is 16.8 Å². The molecule has 0 amide bonds. The Morgan fingerprint density at radius 1 is 0.970 bits per heavy atom. The van der Waals surface area contributed by atoms with Gasteiger partial charge in [-0.1, -0.05) is 36.4 Å². The van der Waals surface area contributed by atoms with Crippen LogP contribution < -0.4 is 15.8 Å². The second-order valence-electron chi connectivity index (χ2n) is 7.89. The molecule has 0 fully saturated rings. The fraction of sp³-hybridized carbons (Fsp3) is 0.269. The molecule has 3 atom stereocenters. The summed E-state index contributed by atoms with van der Waals surface area (Å²) in [6.45, 7) is 0.418. The second-order valence-corrected chi connectivity index (χ2v) is 7.89. The number of rotatable bonds is 11. The van der Waals surface area contributed by atoms with Crippen LogP contribution in [0.25, 0.3) is 0 Å². The molecule has 3 rings (SSSR count). The van der Waals surface area contributed by atoms with Crippen LogP contribution in [-0.4, -0.2) is 23.3 Å². The van der Waals surface area contributed by atoms with Gasteiger partial charge >= 0.3 is 5.97 Å². The van der Waals surface area contributed by atoms with E-state index in [4.69, 9.17) is 10.5 Å². The van der Waals surface area contributed by atoms with Crippen LogP contribution in [0.2, 0.25) is 0 Å². The summed E-state index contributed by atoms with van der Waals surface area (Å²) >= 11 is 0. The number of aliphatic hydroxyl groups is 1. The number of benzene rings is 3. The van der Waals surface area contributed by atoms with Gasteiger partial charge in [0.2, 0.25) is 0 Å². The van der Waals surface area contributed by atoms with Crippen LogP contribution >= 0.6 is 0 Å². The van der Waals surface area contributed by atoms with E-state index < -0.39 is 29.9 Å². The summed E-state index contributed by atoms with van der Waals surface area (Å²) in [6, 6.07) is 19.8. The van der Waals surface area contributed by atoms with Gasteiger partial charge in [-0.15, -0.1) is 0 Å². The summed E-state index contributed by atoms with van der Waals surface area (Å²) < 4.78 is 18.4. The second kappa shape index (κ2) is 11.4. The molecule has 0 heterocycles. The minimum atomic E-state index is -0.979. The number of halogens is 1. The Labute approximate surface area is 192 Å². The van der Waals surface area contributed by atoms with Gasteiger partial charge < -0.3 is 26.0 Å². The highest BCUT2D eigenvalue weighted by Crippen LogP contribution is 2.33. The van der Waals surface area contributed by atoms with Crippen molar-refractivity contribution in [3.05, 3.63) is 95.3 Å². The highest BCUT2D eigenvalue weighted by atomic mass is 19.1. The molecule has 0 radical (unpaired) electrons. The smallest absolute Gasteiger partial charge is 0.308 e. The average Bonchev–Trinajstić information content (AvgIpc) is 2.84. The minimum absolute atomic E-state index is 0.207. The zero-order valence-corrected chi connectivity index (χ0v) is 18.4. The molecular weight excluding hydrogens is 423 g/mol. The number of aliphatic hydroxyl groups excluding tert-OH is 1. The number of carbonyl (C=O) groups is 1. The molecule has 0 aromatic heterocycles. The standard InChI is InChI=1S/C26H29FN2O4/c1-33-22-12-6-19(7-13-22)25(29-21-10-2-17(16-28)3-11-21)23(26(31)32)14-15-24(30)18-4-8-20(27)9-5-18/h2-13,23-25,29-30H,14-16,28H2,1H3,(H,31,32)/t23-,24+,25-/m1/s1. The van der Waals surface area contributed by atoms with Gasteiger partial charge in [-0.3, -0.25) is 4.79 Å². The van der Waals surface area contributed by atoms with Gasteiger partial charge in [0.1, 0.15) is 11.6 Å². The summed E-state index contributed by atoms with van der Waals surface area (Å²) in [4.78, 5) is 12.3. The summed E-state index contributed by atoms with van der Waals surface area (Å²) in [6.07, 6.45) is -0.477. The molecule has 0 unspecified atom stereocenters. The van der Waals surface area contributed by atoms with Gasteiger partial charge in [0.25, 0.3) is 0 Å². The first-order valence-corrected chi connectivity index (χ1v) is 10.8. The molecule has 7 heteroatoms. The minimum Gasteiger partial charge on any atom is -0.497 e. The van der Waals surface area contributed by atoms with Crippen molar-refractivity contribution in [1.29, 1.82) is 0 Å². The van der Waals surface area contributed by atoms with E-state index in [1.54, 1.807) is 19.2 Å². The predicted octanol–water partition coefficient (Wildman–Crippen LogP) is 4.66. The number of carboxylic acids is 1. The van der Waals surface area contributed by atoms with E-state index in [1.165, 1.54) is 24.3 Å². The maximum absolute atomic E-state index is 13.2. The fourth-order valence-electron chi connectivity index (χ4n) is 3.77. The molecule has 174 valence electrons. The molecular formula is C26H29FN2O4. The van der Waals surface area contributed by atoms with Crippen molar-refractivity contribution in [2.45, 2.75) is 31.5 Å². The van der Waals surface area contributed by atoms with Crippen molar-refractivity contribution in [2.75, 3.05) is 12.4 Å². The molecule has 0 saturated carbocycles. The van der Waals surface area contributed by atoms with E-state index in [9.17, 15) is 19.4 Å². The maximum Gasteiger partial charge on any atom is 0.308 e. The molecule has 3 aromatic carbocycles. The lowest BCUT2D eigenvalue weighted by atomic mass is 9.87. The van der Waals surface area contributed by atoms with Gasteiger partial charge in [0.05, 0.1) is 25.2 Å². The lowest BCUT2D eigenvalue weighted by Gasteiger charge is -2.27. The van der Waals surface area contributed by atoms with Gasteiger partial charge in [-0.05, 0) is 65.9 Å². The number of methoxy groups -OCH3 is 1. The number of anilines is 1. The molecule has 6 nitrogen and oxygen atoms in total. The normalized spacial score (nSPS) is 13.7. The SMILES string of the molecule is COc1ccc([C@@H](Nc2ccc(CN)cc2)[C@@H](CC[C@H](O)c2ccc(F)cc2)C(=O)O)cc1. The third-order valence-corrected chi connectivity index (χ3v) is 5.71. The van der Waals surface area contributed by atoms with Crippen LogP contribution in [-0.2, 0) is 11.3 Å². The summed E-state index contributed by atoms with van der Waals surface area (Å²) in [5.74, 6) is -1.53. The Bertz CT molecular complexity index is 1020. The summed E-state index contributed by atoms with van der Waals surface area (Å²) in [7, 11) is 1.57. The zero-order valence-electron chi connectivity index (χ0n) is 18.4. The van der Waals surface area contributed by atoms with Crippen molar-refractivity contribution >= 4 is 11.7 Å². The molecule has 0 spiro atoms. The van der Waals surface area contributed by atoms with E-state index in [2.05, 4.69) is 5.32 Å². The van der Waals surface area contributed by atoms with E-state index in [1.807, 2.05) is 36.4 Å². The third kappa shape index (κ3) is 6.54. The molecule has 0 bridgehead atoms. The predicted molar refractivity (Wildman–Crippen MR) is 125 cm³/mol. The largest absolute Gasteiger partial charge is 0.497 e. The highest BCUT2D eigenvalue weighted by Gasteiger charge is 2.30. The van der Waals surface area contributed by atoms with E-state index in [0.29, 0.717) is 17.9 Å². The van der Waals surface area contributed by atoms with Crippen LogP contribution in [0, 0.1) is 11.7 Å². The van der Waals surface area contributed by atoms with Crippen molar-refractivity contribution in [2.24, 2.45) is 11.7 Å². The van der Waals surface area contributed by atoms with E-state index >= 15 is 0 Å². The molecule has 3 aromatic rings. The van der Waals surface area contributed by atoms with Crippen LogP contribution in [0.4, 0.5) is 10.1 Å². The Morgan fingerprint density at radius 2 is 1.58 bits per heavy atom. The monoisotopic (exact) mass is 452 g/mol. The number of nitrogens with two attached hydrogens (primary N) is 1. The topological polar surface area (TPSA) is 105 Å². The van der Waals surface area contributed by atoms with Crippen molar-refractivity contribution in [3.63, 3.8) is 0 Å². The van der Waals surface area contributed by atoms with Gasteiger partial charge in [0, 0.05) is 12.2 Å². The number of hydrogen-bond acceptors (Lipinski definition) is 5. The molecule has 0 aliphatic heterocycles. The molecule has 5 N–H and O–H groups in total. The van der Waals surface area contributed by atoms with Crippen LogP contribution in [0.3, 0.4) is 0 Å². The first-order valence-electron chi connectivity index (χ1n) is 10.8. The van der Waals surface area contributed by atoms with Crippen LogP contribution in [0.5, 0.6) is 5.75 Å². The first kappa shape index (κ1) is 24.2. The third-order valence-electron chi connectivity index (χ3n) is 5.71. The van der Waals surface area contributed by atoms with Crippen LogP contribution in [0.15, 0.2) is 72.8 Å². The maximum atomic E-state index is 13.2. The number of ether oxygens (including phenoxy) is 1. The number of carboxylic acid groups (broad SMARTS) is 1. The van der Waals surface area contributed by atoms with Crippen LogP contribution in [0.1, 0.15) is 41.7 Å². The Hall–Kier alpha value is -3.42. The average molecular weight is 453 g/mol. The quantitative estimate of drug-likeness (QED) is 0.337.